The van der Waals surface area contributed by atoms with Crippen molar-refractivity contribution in [1.29, 1.82) is 5.26 Å². The van der Waals surface area contributed by atoms with E-state index in [2.05, 4.69) is 26.0 Å². The molecule has 7 nitrogen and oxygen atoms in total. The van der Waals surface area contributed by atoms with Gasteiger partial charge in [0.1, 0.15) is 17.2 Å². The molecule has 0 bridgehead atoms. The van der Waals surface area contributed by atoms with Gasteiger partial charge in [-0.15, -0.1) is 5.10 Å². The van der Waals surface area contributed by atoms with Crippen LogP contribution in [-0.4, -0.2) is 26.5 Å². The molecule has 2 aromatic heterocycles. The summed E-state index contributed by atoms with van der Waals surface area (Å²) in [5, 5.41) is 13.0. The second-order valence-corrected chi connectivity index (χ2v) is 6.21. The number of hydrogen-bond acceptors (Lipinski definition) is 6. The van der Waals surface area contributed by atoms with Gasteiger partial charge in [-0.05, 0) is 42.8 Å². The average molecular weight is 365 g/mol. The molecular weight excluding hydrogens is 352 g/mol. The summed E-state index contributed by atoms with van der Waals surface area (Å²) < 4.78 is 12.3. The molecule has 2 rings (SSSR count). The number of hydrogen-bond donors (Lipinski definition) is 0. The Kier molecular flexibility index (Phi) is 4.47. The van der Waals surface area contributed by atoms with E-state index >= 15 is 0 Å². The summed E-state index contributed by atoms with van der Waals surface area (Å²) in [7, 11) is 0. The molecule has 0 aromatic carbocycles. The van der Waals surface area contributed by atoms with E-state index in [1.807, 2.05) is 6.07 Å². The molecule has 114 valence electrons. The summed E-state index contributed by atoms with van der Waals surface area (Å²) in [6.45, 7) is 5.28. The second kappa shape index (κ2) is 6.15. The number of aromatic nitrogens is 3. The highest BCUT2D eigenvalue weighted by Gasteiger charge is 2.19. The summed E-state index contributed by atoms with van der Waals surface area (Å²) in [4.78, 5) is 15.8. The maximum Gasteiger partial charge on any atom is 0.435 e. The van der Waals surface area contributed by atoms with Crippen molar-refractivity contribution in [3.05, 3.63) is 34.6 Å². The van der Waals surface area contributed by atoms with Crippen molar-refractivity contribution in [2.75, 3.05) is 0 Å². The third-order valence-corrected chi connectivity index (χ3v) is 2.72. The van der Waals surface area contributed by atoms with Crippen molar-refractivity contribution in [2.24, 2.45) is 0 Å². The quantitative estimate of drug-likeness (QED) is 0.809. The van der Waals surface area contributed by atoms with Crippen LogP contribution in [0, 0.1) is 11.3 Å². The zero-order valence-electron chi connectivity index (χ0n) is 12.2. The third kappa shape index (κ3) is 4.05. The van der Waals surface area contributed by atoms with Crippen molar-refractivity contribution in [2.45, 2.75) is 26.4 Å². The van der Waals surface area contributed by atoms with Gasteiger partial charge in [-0.2, -0.15) is 9.94 Å². The Hall–Kier alpha value is -2.40. The Morgan fingerprint density at radius 2 is 2.18 bits per heavy atom. The van der Waals surface area contributed by atoms with Crippen LogP contribution < -0.4 is 4.74 Å². The van der Waals surface area contributed by atoms with Crippen LogP contribution in [0.5, 0.6) is 11.8 Å². The summed E-state index contributed by atoms with van der Waals surface area (Å²) in [5.74, 6) is 0.248. The van der Waals surface area contributed by atoms with E-state index in [-0.39, 0.29) is 17.3 Å². The van der Waals surface area contributed by atoms with Crippen molar-refractivity contribution in [3.63, 3.8) is 0 Å². The van der Waals surface area contributed by atoms with Gasteiger partial charge in [0.05, 0.1) is 0 Å². The Labute approximate surface area is 135 Å². The van der Waals surface area contributed by atoms with E-state index < -0.39 is 11.7 Å². The minimum Gasteiger partial charge on any atom is -0.442 e. The number of nitriles is 1. The molecule has 0 aliphatic rings. The van der Waals surface area contributed by atoms with Crippen LogP contribution in [0.3, 0.4) is 0 Å². The SMILES string of the molecule is CC(C)(C)OC(=O)n1ccc(Oc2ncc(Br)cc2C#N)n1. The molecule has 0 amide bonds. The maximum absolute atomic E-state index is 11.8. The number of ether oxygens (including phenoxy) is 2. The van der Waals surface area contributed by atoms with E-state index in [1.54, 1.807) is 26.8 Å². The largest absolute Gasteiger partial charge is 0.442 e. The first kappa shape index (κ1) is 16.0. The molecule has 0 unspecified atom stereocenters. The van der Waals surface area contributed by atoms with E-state index in [0.29, 0.717) is 4.47 Å². The van der Waals surface area contributed by atoms with Gasteiger partial charge >= 0.3 is 6.09 Å². The van der Waals surface area contributed by atoms with Crippen LogP contribution in [-0.2, 0) is 4.74 Å². The summed E-state index contributed by atoms with van der Waals surface area (Å²) in [5.41, 5.74) is -0.369. The number of carbonyl (C=O) groups excluding carboxylic acids is 1. The smallest absolute Gasteiger partial charge is 0.435 e. The lowest BCUT2D eigenvalue weighted by Gasteiger charge is -2.18. The predicted molar refractivity (Wildman–Crippen MR) is 80.6 cm³/mol. The fraction of sp³-hybridized carbons (Fsp3) is 0.286. The lowest BCUT2D eigenvalue weighted by atomic mass is 10.2. The fourth-order valence-corrected chi connectivity index (χ4v) is 1.79. The zero-order chi connectivity index (χ0) is 16.3. The minimum atomic E-state index is -0.620. The first-order chi connectivity index (χ1) is 10.3. The predicted octanol–water partition coefficient (Wildman–Crippen LogP) is 3.49. The topological polar surface area (TPSA) is 90.0 Å². The van der Waals surface area contributed by atoms with Crippen LogP contribution in [0.1, 0.15) is 26.3 Å². The van der Waals surface area contributed by atoms with Gasteiger partial charge in [-0.25, -0.2) is 9.78 Å². The molecular formula is C14H13BrN4O3. The van der Waals surface area contributed by atoms with Crippen LogP contribution in [0.2, 0.25) is 0 Å². The minimum absolute atomic E-state index is 0.111. The highest BCUT2D eigenvalue weighted by Crippen LogP contribution is 2.23. The fourth-order valence-electron chi connectivity index (χ4n) is 1.46. The summed E-state index contributed by atoms with van der Waals surface area (Å²) in [6.07, 6.45) is 2.29. The van der Waals surface area contributed by atoms with E-state index in [0.717, 1.165) is 4.68 Å². The summed E-state index contributed by atoms with van der Waals surface area (Å²) in [6, 6.07) is 5.03. The number of carbonyl (C=O) groups is 1. The molecule has 0 fully saturated rings. The van der Waals surface area contributed by atoms with Crippen molar-refractivity contribution < 1.29 is 14.3 Å². The normalized spacial score (nSPS) is 10.9. The third-order valence-electron chi connectivity index (χ3n) is 2.28. The molecule has 0 radical (unpaired) electrons. The second-order valence-electron chi connectivity index (χ2n) is 5.30. The van der Waals surface area contributed by atoms with Crippen LogP contribution in [0.15, 0.2) is 29.0 Å². The molecule has 0 spiro atoms. The van der Waals surface area contributed by atoms with Crippen LogP contribution >= 0.6 is 15.9 Å². The number of pyridine rings is 1. The Bertz CT molecular complexity index is 743. The molecule has 0 atom stereocenters. The first-order valence-corrected chi connectivity index (χ1v) is 7.10. The molecule has 0 N–H and O–H groups in total. The lowest BCUT2D eigenvalue weighted by molar-refractivity contribution is 0.0512. The molecule has 22 heavy (non-hydrogen) atoms. The Balaban J connectivity index is 2.16. The van der Waals surface area contributed by atoms with Crippen molar-refractivity contribution >= 4 is 22.0 Å². The number of rotatable bonds is 2. The highest BCUT2D eigenvalue weighted by molar-refractivity contribution is 9.10. The Morgan fingerprint density at radius 1 is 1.45 bits per heavy atom. The van der Waals surface area contributed by atoms with Crippen molar-refractivity contribution in [3.8, 4) is 17.8 Å². The van der Waals surface area contributed by atoms with Gasteiger partial charge in [-0.1, -0.05) is 0 Å². The van der Waals surface area contributed by atoms with Gasteiger partial charge in [0.15, 0.2) is 0 Å². The van der Waals surface area contributed by atoms with Crippen LogP contribution in [0.25, 0.3) is 0 Å². The number of nitrogens with zero attached hydrogens (tertiary/aromatic N) is 4. The van der Waals surface area contributed by atoms with E-state index in [1.165, 1.54) is 18.5 Å². The van der Waals surface area contributed by atoms with E-state index in [9.17, 15) is 4.79 Å². The molecule has 2 aromatic rings. The molecule has 8 heteroatoms. The molecule has 0 saturated heterocycles. The van der Waals surface area contributed by atoms with Gasteiger partial charge in [0.25, 0.3) is 0 Å². The molecule has 0 aliphatic heterocycles. The van der Waals surface area contributed by atoms with E-state index in [4.69, 9.17) is 14.7 Å². The van der Waals surface area contributed by atoms with Gasteiger partial charge in [0.2, 0.25) is 11.8 Å². The average Bonchev–Trinajstić information content (AvgIpc) is 2.87. The standard InChI is InChI=1S/C14H13BrN4O3/c1-14(2,3)22-13(20)19-5-4-11(18-19)21-12-9(7-16)6-10(15)8-17-12/h4-6,8H,1-3H3. The highest BCUT2D eigenvalue weighted by atomic mass is 79.9. The molecule has 0 saturated carbocycles. The molecule has 2 heterocycles. The Morgan fingerprint density at radius 3 is 2.82 bits per heavy atom. The maximum atomic E-state index is 11.8. The van der Waals surface area contributed by atoms with Crippen LogP contribution in [0.4, 0.5) is 4.79 Å². The van der Waals surface area contributed by atoms with Gasteiger partial charge < -0.3 is 9.47 Å². The lowest BCUT2D eigenvalue weighted by Crippen LogP contribution is -2.27. The monoisotopic (exact) mass is 364 g/mol. The summed E-state index contributed by atoms with van der Waals surface area (Å²) >= 11 is 3.22. The van der Waals surface area contributed by atoms with Crippen molar-refractivity contribution in [1.82, 2.24) is 14.8 Å². The van der Waals surface area contributed by atoms with Gasteiger partial charge in [-0.3, -0.25) is 0 Å². The number of halogens is 1. The zero-order valence-corrected chi connectivity index (χ0v) is 13.8. The first-order valence-electron chi connectivity index (χ1n) is 6.31. The van der Waals surface area contributed by atoms with Gasteiger partial charge in [0, 0.05) is 22.9 Å². The molecule has 0 aliphatic carbocycles.